The van der Waals surface area contributed by atoms with E-state index < -0.39 is 0 Å². The molecule has 0 fully saturated rings. The molecule has 0 bridgehead atoms. The fourth-order valence-electron chi connectivity index (χ4n) is 3.02. The number of hydrogen-bond acceptors (Lipinski definition) is 3. The first-order valence-electron chi connectivity index (χ1n) is 11.2. The van der Waals surface area contributed by atoms with Crippen LogP contribution in [-0.2, 0) is 13.0 Å². The van der Waals surface area contributed by atoms with Crippen LogP contribution in [0, 0.1) is 0 Å². The summed E-state index contributed by atoms with van der Waals surface area (Å²) in [7, 11) is 1.63. The quantitative estimate of drug-likeness (QED) is 0.340. The van der Waals surface area contributed by atoms with Crippen LogP contribution in [0.1, 0.15) is 59.0 Å². The zero-order valence-corrected chi connectivity index (χ0v) is 19.5. The molecule has 172 valence electrons. The van der Waals surface area contributed by atoms with Crippen molar-refractivity contribution >= 4 is 17.8 Å². The molecule has 2 aromatic rings. The highest BCUT2D eigenvalue weighted by Crippen LogP contribution is 2.07. The first-order valence-corrected chi connectivity index (χ1v) is 11.2. The van der Waals surface area contributed by atoms with Crippen LogP contribution in [0.5, 0.6) is 0 Å². The van der Waals surface area contributed by atoms with Crippen molar-refractivity contribution in [2.45, 2.75) is 46.2 Å². The van der Waals surface area contributed by atoms with Crippen LogP contribution < -0.4 is 21.3 Å². The van der Waals surface area contributed by atoms with Gasteiger partial charge in [0.05, 0.1) is 6.54 Å². The topological polar surface area (TPSA) is 94.6 Å². The van der Waals surface area contributed by atoms with E-state index in [1.54, 1.807) is 13.1 Å². The molecule has 2 rings (SSSR count). The molecule has 2 aromatic carbocycles. The van der Waals surface area contributed by atoms with Crippen LogP contribution in [-0.4, -0.2) is 44.0 Å². The fraction of sp³-hybridized carbons (Fsp3) is 0.400. The zero-order chi connectivity index (χ0) is 23.3. The highest BCUT2D eigenvalue weighted by atomic mass is 16.2. The van der Waals surface area contributed by atoms with E-state index in [0.717, 1.165) is 36.5 Å². The molecule has 1 atom stereocenters. The number of carbonyl (C=O) groups excluding carboxylic acids is 2. The van der Waals surface area contributed by atoms with E-state index in [9.17, 15) is 9.59 Å². The van der Waals surface area contributed by atoms with Crippen LogP contribution in [0.3, 0.4) is 0 Å². The average Bonchev–Trinajstić information content (AvgIpc) is 2.82. The van der Waals surface area contributed by atoms with Crippen LogP contribution in [0.2, 0.25) is 0 Å². The molecular weight excluding hydrogens is 402 g/mol. The summed E-state index contributed by atoms with van der Waals surface area (Å²) in [6.07, 6.45) is 1.67. The minimum absolute atomic E-state index is 0.0510. The number of nitrogens with one attached hydrogen (secondary N) is 4. The number of carbonyl (C=O) groups is 2. The third-order valence-electron chi connectivity index (χ3n) is 5.09. The molecule has 0 saturated carbocycles. The predicted molar refractivity (Wildman–Crippen MR) is 130 cm³/mol. The average molecular weight is 438 g/mol. The van der Waals surface area contributed by atoms with Gasteiger partial charge in [0.1, 0.15) is 0 Å². The summed E-state index contributed by atoms with van der Waals surface area (Å²) in [5.74, 6) is 0.594. The molecular formula is C25H35N5O2. The molecule has 0 heterocycles. The lowest BCUT2D eigenvalue weighted by molar-refractivity contribution is 0.0936. The van der Waals surface area contributed by atoms with Crippen molar-refractivity contribution in [2.24, 2.45) is 4.99 Å². The largest absolute Gasteiger partial charge is 0.357 e. The van der Waals surface area contributed by atoms with E-state index in [1.807, 2.05) is 63.2 Å². The van der Waals surface area contributed by atoms with E-state index in [-0.39, 0.29) is 17.9 Å². The molecule has 0 aliphatic rings. The van der Waals surface area contributed by atoms with Gasteiger partial charge >= 0.3 is 0 Å². The van der Waals surface area contributed by atoms with Gasteiger partial charge in [0.2, 0.25) is 0 Å². The summed E-state index contributed by atoms with van der Waals surface area (Å²) in [4.78, 5) is 28.6. The summed E-state index contributed by atoms with van der Waals surface area (Å²) in [6.45, 7) is 8.02. The molecule has 1 unspecified atom stereocenters. The zero-order valence-electron chi connectivity index (χ0n) is 19.5. The monoisotopic (exact) mass is 437 g/mol. The Labute approximate surface area is 191 Å². The lowest BCUT2D eigenvalue weighted by Gasteiger charge is -2.12. The SMILES string of the molecule is CCNC(=NCc1ccc(C(=O)NC(C)CC)cc1)NCCc1cccc(C(=O)NC)c1. The van der Waals surface area contributed by atoms with Gasteiger partial charge in [0, 0.05) is 37.3 Å². The van der Waals surface area contributed by atoms with Crippen LogP contribution in [0.25, 0.3) is 0 Å². The minimum Gasteiger partial charge on any atom is -0.357 e. The van der Waals surface area contributed by atoms with E-state index in [2.05, 4.69) is 26.3 Å². The van der Waals surface area contributed by atoms with Gasteiger partial charge in [0.25, 0.3) is 11.8 Å². The number of guanidine groups is 1. The Balaban J connectivity index is 1.91. The number of hydrogen-bond donors (Lipinski definition) is 4. The Bertz CT molecular complexity index is 909. The normalized spacial score (nSPS) is 12.1. The molecule has 2 amide bonds. The van der Waals surface area contributed by atoms with Crippen molar-refractivity contribution in [1.82, 2.24) is 21.3 Å². The van der Waals surface area contributed by atoms with Gasteiger partial charge in [-0.3, -0.25) is 9.59 Å². The van der Waals surface area contributed by atoms with E-state index >= 15 is 0 Å². The van der Waals surface area contributed by atoms with E-state index in [4.69, 9.17) is 0 Å². The van der Waals surface area contributed by atoms with Gasteiger partial charge in [-0.05, 0) is 62.1 Å². The van der Waals surface area contributed by atoms with Crippen LogP contribution in [0.4, 0.5) is 0 Å². The third-order valence-corrected chi connectivity index (χ3v) is 5.09. The fourth-order valence-corrected chi connectivity index (χ4v) is 3.02. The van der Waals surface area contributed by atoms with Gasteiger partial charge in [-0.25, -0.2) is 4.99 Å². The number of benzene rings is 2. The molecule has 0 aliphatic carbocycles. The lowest BCUT2D eigenvalue weighted by Crippen LogP contribution is -2.38. The predicted octanol–water partition coefficient (Wildman–Crippen LogP) is 2.87. The number of amides is 2. The maximum Gasteiger partial charge on any atom is 0.251 e. The van der Waals surface area contributed by atoms with Gasteiger partial charge in [-0.15, -0.1) is 0 Å². The first kappa shape index (κ1) is 24.9. The smallest absolute Gasteiger partial charge is 0.251 e. The number of rotatable bonds is 10. The van der Waals surface area contributed by atoms with Gasteiger partial charge in [0.15, 0.2) is 5.96 Å². The Kier molecular flexibility index (Phi) is 10.2. The van der Waals surface area contributed by atoms with Crippen molar-refractivity contribution in [2.75, 3.05) is 20.1 Å². The molecule has 0 aliphatic heterocycles. The van der Waals surface area contributed by atoms with E-state index in [0.29, 0.717) is 24.2 Å². The van der Waals surface area contributed by atoms with Gasteiger partial charge in [-0.1, -0.05) is 31.2 Å². The standard InChI is InChI=1S/C25H35N5O2/c1-5-18(3)30-24(32)21-12-10-20(11-13-21)17-29-25(27-6-2)28-15-14-19-8-7-9-22(16-19)23(31)26-4/h7-13,16,18H,5-6,14-15,17H2,1-4H3,(H,26,31)(H,30,32)(H2,27,28,29). The summed E-state index contributed by atoms with van der Waals surface area (Å²) in [5.41, 5.74) is 3.43. The first-order chi connectivity index (χ1) is 15.5. The van der Waals surface area contributed by atoms with Gasteiger partial charge < -0.3 is 21.3 Å². The summed E-state index contributed by atoms with van der Waals surface area (Å²) >= 11 is 0. The molecule has 0 aromatic heterocycles. The number of nitrogens with zero attached hydrogens (tertiary/aromatic N) is 1. The Hall–Kier alpha value is -3.35. The maximum atomic E-state index is 12.2. The van der Waals surface area contributed by atoms with Crippen molar-refractivity contribution in [3.63, 3.8) is 0 Å². The minimum atomic E-state index is -0.0851. The van der Waals surface area contributed by atoms with Gasteiger partial charge in [-0.2, -0.15) is 0 Å². The third kappa shape index (κ3) is 8.06. The Morgan fingerprint density at radius 2 is 1.69 bits per heavy atom. The second-order valence-electron chi connectivity index (χ2n) is 7.63. The van der Waals surface area contributed by atoms with Crippen molar-refractivity contribution in [3.05, 3.63) is 70.8 Å². The van der Waals surface area contributed by atoms with Crippen molar-refractivity contribution < 1.29 is 9.59 Å². The molecule has 4 N–H and O–H groups in total. The Morgan fingerprint density at radius 3 is 2.34 bits per heavy atom. The highest BCUT2D eigenvalue weighted by molar-refractivity contribution is 5.94. The summed E-state index contributed by atoms with van der Waals surface area (Å²) in [6, 6.07) is 15.3. The second kappa shape index (κ2) is 13.1. The van der Waals surface area contributed by atoms with E-state index in [1.165, 1.54) is 0 Å². The maximum absolute atomic E-state index is 12.2. The molecule has 7 heteroatoms. The molecule has 7 nitrogen and oxygen atoms in total. The molecule has 32 heavy (non-hydrogen) atoms. The van der Waals surface area contributed by atoms with Crippen LogP contribution in [0.15, 0.2) is 53.5 Å². The van der Waals surface area contributed by atoms with Crippen molar-refractivity contribution in [3.8, 4) is 0 Å². The van der Waals surface area contributed by atoms with Crippen LogP contribution >= 0.6 is 0 Å². The summed E-state index contributed by atoms with van der Waals surface area (Å²) in [5, 5.41) is 12.2. The molecule has 0 saturated heterocycles. The number of aliphatic imine (C=N–C) groups is 1. The summed E-state index contributed by atoms with van der Waals surface area (Å²) < 4.78 is 0. The molecule has 0 radical (unpaired) electrons. The lowest BCUT2D eigenvalue weighted by atomic mass is 10.1. The second-order valence-corrected chi connectivity index (χ2v) is 7.63. The van der Waals surface area contributed by atoms with Crippen molar-refractivity contribution in [1.29, 1.82) is 0 Å². The Morgan fingerprint density at radius 1 is 0.938 bits per heavy atom. The highest BCUT2D eigenvalue weighted by Gasteiger charge is 2.08. The molecule has 0 spiro atoms.